The molecule has 2 aromatic heterocycles. The maximum Gasteiger partial charge on any atom is 0.138 e. The molecular weight excluding hydrogens is 278 g/mol. The average Bonchev–Trinajstić information content (AvgIpc) is 3.11. The van der Waals surface area contributed by atoms with Gasteiger partial charge in [-0.3, -0.25) is 0 Å². The molecule has 6 nitrogen and oxygen atoms in total. The average molecular weight is 288 g/mol. The Morgan fingerprint density at radius 3 is 2.57 bits per heavy atom. The van der Waals surface area contributed by atoms with Gasteiger partial charge in [0.25, 0.3) is 0 Å². The molecule has 0 saturated carbocycles. The third kappa shape index (κ3) is 2.99. The molecule has 0 aliphatic carbocycles. The first-order valence-corrected chi connectivity index (χ1v) is 6.05. The highest BCUT2D eigenvalue weighted by Gasteiger charge is 2.11. The van der Waals surface area contributed by atoms with Gasteiger partial charge in [0, 0.05) is 23.4 Å². The number of hydrogen-bond donors (Lipinski definition) is 0. The molecule has 0 atom stereocenters. The lowest BCUT2D eigenvalue weighted by atomic mass is 10.1. The van der Waals surface area contributed by atoms with E-state index in [0.717, 1.165) is 6.07 Å². The summed E-state index contributed by atoms with van der Waals surface area (Å²) < 4.78 is 30.0. The molecule has 0 spiro atoms. The van der Waals surface area contributed by atoms with Crippen molar-refractivity contribution in [2.45, 2.75) is 6.54 Å². The molecule has 3 aromatic rings. The van der Waals surface area contributed by atoms with Gasteiger partial charge in [-0.2, -0.15) is 10.2 Å². The van der Waals surface area contributed by atoms with E-state index in [4.69, 9.17) is 0 Å². The summed E-state index contributed by atoms with van der Waals surface area (Å²) in [7, 11) is 0. The van der Waals surface area contributed by atoms with Crippen molar-refractivity contribution in [1.82, 2.24) is 29.5 Å². The van der Waals surface area contributed by atoms with E-state index in [2.05, 4.69) is 20.2 Å². The van der Waals surface area contributed by atoms with Crippen molar-refractivity contribution >= 4 is 11.8 Å². The quantitative estimate of drug-likeness (QED) is 0.735. The summed E-state index contributed by atoms with van der Waals surface area (Å²) in [6.07, 6.45) is 7.34. The summed E-state index contributed by atoms with van der Waals surface area (Å²) in [4.78, 5) is 7.66. The third-order valence-corrected chi connectivity index (χ3v) is 2.80. The van der Waals surface area contributed by atoms with Gasteiger partial charge in [0.2, 0.25) is 0 Å². The molecule has 3 rings (SSSR count). The van der Waals surface area contributed by atoms with Crippen molar-refractivity contribution in [3.8, 4) is 0 Å². The molecule has 0 bridgehead atoms. The van der Waals surface area contributed by atoms with Gasteiger partial charge >= 0.3 is 0 Å². The number of rotatable bonds is 4. The van der Waals surface area contributed by atoms with E-state index in [1.54, 1.807) is 6.20 Å². The van der Waals surface area contributed by atoms with Gasteiger partial charge in [-0.25, -0.2) is 28.1 Å². The molecule has 0 unspecified atom stereocenters. The van der Waals surface area contributed by atoms with Crippen molar-refractivity contribution in [2.75, 3.05) is 0 Å². The minimum atomic E-state index is -0.651. The summed E-state index contributed by atoms with van der Waals surface area (Å²) in [5.74, 6) is -1.28. The number of benzene rings is 1. The molecule has 0 aliphatic rings. The van der Waals surface area contributed by atoms with Gasteiger partial charge in [-0.15, -0.1) is 0 Å². The van der Waals surface area contributed by atoms with Crippen LogP contribution < -0.4 is 0 Å². The van der Waals surface area contributed by atoms with Crippen LogP contribution in [0.25, 0.3) is 11.8 Å². The Labute approximate surface area is 118 Å². The van der Waals surface area contributed by atoms with Crippen LogP contribution in [0, 0.1) is 11.6 Å². The van der Waals surface area contributed by atoms with Crippen LogP contribution in [0.15, 0.2) is 43.5 Å². The van der Waals surface area contributed by atoms with Crippen LogP contribution >= 0.6 is 0 Å². The van der Waals surface area contributed by atoms with Crippen molar-refractivity contribution < 1.29 is 8.78 Å². The fourth-order valence-corrected chi connectivity index (χ4v) is 1.88. The first kappa shape index (κ1) is 13.1. The summed E-state index contributed by atoms with van der Waals surface area (Å²) >= 11 is 0. The second kappa shape index (κ2) is 5.61. The maximum absolute atomic E-state index is 14.0. The predicted octanol–water partition coefficient (Wildman–Crippen LogP) is 1.85. The largest absolute Gasteiger partial charge is 0.248 e. The Bertz CT molecular complexity index is 749. The van der Waals surface area contributed by atoms with E-state index in [1.807, 2.05) is 0 Å². The van der Waals surface area contributed by atoms with E-state index >= 15 is 0 Å². The van der Waals surface area contributed by atoms with Crippen molar-refractivity contribution in [3.05, 3.63) is 60.7 Å². The molecule has 1 aromatic carbocycles. The van der Waals surface area contributed by atoms with Gasteiger partial charge in [0.05, 0.1) is 6.54 Å². The summed E-state index contributed by atoms with van der Waals surface area (Å²) in [5.41, 5.74) is 0.825. The van der Waals surface area contributed by atoms with E-state index in [9.17, 15) is 8.78 Å². The third-order valence-electron chi connectivity index (χ3n) is 2.80. The molecule has 0 radical (unpaired) electrons. The fourth-order valence-electron chi connectivity index (χ4n) is 1.88. The van der Waals surface area contributed by atoms with Crippen LogP contribution in [0.3, 0.4) is 0 Å². The lowest BCUT2D eigenvalue weighted by Gasteiger charge is -2.09. The number of nitrogens with zero attached hydrogens (tertiary/aromatic N) is 6. The molecule has 21 heavy (non-hydrogen) atoms. The Kier molecular flexibility index (Phi) is 3.50. The number of allylic oxidation sites excluding steroid dienone is 1. The van der Waals surface area contributed by atoms with Crippen LogP contribution in [0.4, 0.5) is 8.78 Å². The molecule has 0 amide bonds. The molecule has 106 valence electrons. The van der Waals surface area contributed by atoms with Gasteiger partial charge in [-0.1, -0.05) is 0 Å². The Morgan fingerprint density at radius 1 is 1.10 bits per heavy atom. The zero-order chi connectivity index (χ0) is 14.7. The van der Waals surface area contributed by atoms with Crippen LogP contribution in [0.5, 0.6) is 0 Å². The second-order valence-corrected chi connectivity index (χ2v) is 4.25. The number of hydrogen-bond acceptors (Lipinski definition) is 4. The minimum Gasteiger partial charge on any atom is -0.248 e. The molecule has 0 fully saturated rings. The van der Waals surface area contributed by atoms with Crippen LogP contribution in [-0.2, 0) is 6.54 Å². The van der Waals surface area contributed by atoms with Crippen molar-refractivity contribution in [3.63, 3.8) is 0 Å². The Balaban J connectivity index is 2.03. The smallest absolute Gasteiger partial charge is 0.138 e. The second-order valence-electron chi connectivity index (χ2n) is 4.25. The maximum atomic E-state index is 14.0. The highest BCUT2D eigenvalue weighted by molar-refractivity contribution is 5.75. The molecule has 2 heterocycles. The van der Waals surface area contributed by atoms with Gasteiger partial charge in [-0.05, 0) is 12.1 Å². The SMILES string of the molecule is Fc1ccc(C(=Cn2cncn2)Cn2cncn2)c(F)c1. The zero-order valence-electron chi connectivity index (χ0n) is 10.8. The lowest BCUT2D eigenvalue weighted by molar-refractivity contribution is 0.579. The molecular formula is C13H10F2N6. The highest BCUT2D eigenvalue weighted by Crippen LogP contribution is 2.21. The Hall–Kier alpha value is -2.90. The zero-order valence-corrected chi connectivity index (χ0v) is 10.8. The molecule has 0 aliphatic heterocycles. The van der Waals surface area contributed by atoms with Gasteiger partial charge in [0.1, 0.15) is 36.9 Å². The summed E-state index contributed by atoms with van der Waals surface area (Å²) in [5, 5.41) is 7.93. The topological polar surface area (TPSA) is 61.4 Å². The number of aromatic nitrogens is 6. The summed E-state index contributed by atoms with van der Waals surface area (Å²) in [6, 6.07) is 3.42. The standard InChI is InChI=1S/C13H10F2N6/c14-11-1-2-12(13(15)3-11)10(4-20-8-16-6-18-20)5-21-9-17-7-19-21/h1-4,6-9H,5H2. The van der Waals surface area contributed by atoms with Gasteiger partial charge < -0.3 is 0 Å². The van der Waals surface area contributed by atoms with Gasteiger partial charge in [0.15, 0.2) is 0 Å². The number of halogens is 2. The van der Waals surface area contributed by atoms with E-state index in [0.29, 0.717) is 5.57 Å². The lowest BCUT2D eigenvalue weighted by Crippen LogP contribution is -2.04. The fraction of sp³-hybridized carbons (Fsp3) is 0.0769. The van der Waals surface area contributed by atoms with Crippen LogP contribution in [0.1, 0.15) is 5.56 Å². The normalized spacial score (nSPS) is 11.8. The molecule has 0 saturated heterocycles. The highest BCUT2D eigenvalue weighted by atomic mass is 19.1. The van der Waals surface area contributed by atoms with E-state index < -0.39 is 11.6 Å². The van der Waals surface area contributed by atoms with Crippen molar-refractivity contribution in [1.29, 1.82) is 0 Å². The molecule has 0 N–H and O–H groups in total. The van der Waals surface area contributed by atoms with Crippen molar-refractivity contribution in [2.24, 2.45) is 0 Å². The van der Waals surface area contributed by atoms with E-state index in [-0.39, 0.29) is 12.1 Å². The van der Waals surface area contributed by atoms with E-state index in [1.165, 1.54) is 46.8 Å². The Morgan fingerprint density at radius 2 is 1.90 bits per heavy atom. The summed E-state index contributed by atoms with van der Waals surface area (Å²) in [6.45, 7) is 0.266. The minimum absolute atomic E-state index is 0.266. The monoisotopic (exact) mass is 288 g/mol. The van der Waals surface area contributed by atoms with Crippen LogP contribution in [-0.4, -0.2) is 29.5 Å². The predicted molar refractivity (Wildman–Crippen MR) is 70.6 cm³/mol. The molecule has 8 heteroatoms. The van der Waals surface area contributed by atoms with Crippen LogP contribution in [0.2, 0.25) is 0 Å². The first-order valence-electron chi connectivity index (χ1n) is 6.05. The first-order chi connectivity index (χ1) is 10.2.